The molecule has 0 aliphatic heterocycles. The summed E-state index contributed by atoms with van der Waals surface area (Å²) in [5.41, 5.74) is 0. The van der Waals surface area contributed by atoms with E-state index in [9.17, 15) is 0 Å². The van der Waals surface area contributed by atoms with Gasteiger partial charge in [0.05, 0.1) is 0 Å². The van der Waals surface area contributed by atoms with Crippen molar-refractivity contribution in [3.05, 3.63) is 6.92 Å². The Labute approximate surface area is 67.1 Å². The minimum atomic E-state index is 0. The Hall–Kier alpha value is 1.98. The third-order valence-electron chi connectivity index (χ3n) is 0. The van der Waals surface area contributed by atoms with E-state index in [4.69, 9.17) is 0 Å². The fourth-order valence-electron chi connectivity index (χ4n) is 0. The van der Waals surface area contributed by atoms with E-state index < -0.39 is 0 Å². The van der Waals surface area contributed by atoms with Crippen molar-refractivity contribution in [1.82, 2.24) is 0 Å². The Kier molecular flexibility index (Phi) is 119. The Morgan fingerprint density at radius 1 is 1.40 bits per heavy atom. The molecule has 0 bridgehead atoms. The van der Waals surface area contributed by atoms with Gasteiger partial charge in [-0.25, -0.2) is 0 Å². The molecule has 0 aliphatic rings. The molecule has 0 fully saturated rings. The van der Waals surface area contributed by atoms with Crippen molar-refractivity contribution in [1.29, 1.82) is 0 Å². The van der Waals surface area contributed by atoms with Gasteiger partial charge in [-0.1, -0.05) is 0 Å². The second-order valence-corrected chi connectivity index (χ2v) is 0. The summed E-state index contributed by atoms with van der Waals surface area (Å²) >= 11 is 3.62. The van der Waals surface area contributed by atoms with Crippen molar-refractivity contribution in [2.45, 2.75) is 6.92 Å². The average molecular weight is 287 g/mol. The molecular weight excluding hydrogens is 282 g/mol. The molecule has 24 valence electrons. The Balaban J connectivity index is -0.0000000133. The summed E-state index contributed by atoms with van der Waals surface area (Å²) in [7, 11) is 0. The van der Waals surface area contributed by atoms with Crippen molar-refractivity contribution in [2.24, 2.45) is 0 Å². The molecule has 0 aromatic rings. The van der Waals surface area contributed by atoms with Crippen LogP contribution in [-0.2, 0) is 34.3 Å². The molecule has 0 radical (unpaired) electrons. The van der Waals surface area contributed by atoms with Gasteiger partial charge in [-0.15, -0.1) is 0 Å². The molecule has 5 heavy (non-hydrogen) atoms. The Bertz CT molecular complexity index is 7.61. The molecule has 0 amide bonds. The minimum absolute atomic E-state index is 0. The first-order chi connectivity index (χ1) is 2.00. The van der Waals surface area contributed by atoms with Crippen molar-refractivity contribution >= 4 is 19.8 Å². The first-order valence-electron chi connectivity index (χ1n) is 0.974. The third kappa shape index (κ3) is 24.2. The molecule has 0 heterocycles. The van der Waals surface area contributed by atoms with E-state index in [0.29, 0.717) is 0 Å². The fourth-order valence-corrected chi connectivity index (χ4v) is 0. The van der Waals surface area contributed by atoms with Gasteiger partial charge < -0.3 is 6.92 Å². The monoisotopic (exact) mass is 284 g/mol. The zero-order chi connectivity index (χ0) is 4.00. The predicted molar refractivity (Wildman–Crippen MR) is 25.1 cm³/mol. The van der Waals surface area contributed by atoms with E-state index in [1.54, 1.807) is 6.92 Å². The summed E-state index contributed by atoms with van der Waals surface area (Å²) in [6.07, 6.45) is 0. The second-order valence-electron chi connectivity index (χ2n) is 0. The van der Waals surface area contributed by atoms with E-state index >= 15 is 0 Å². The molecule has 0 saturated carbocycles. The van der Waals surface area contributed by atoms with Crippen LogP contribution in [0.25, 0.3) is 0 Å². The summed E-state index contributed by atoms with van der Waals surface area (Å²) in [6, 6.07) is 0. The summed E-state index contributed by atoms with van der Waals surface area (Å²) in [5, 5.41) is 0. The number of rotatable bonds is 0. The molecular formula is C2H5IZn2. The van der Waals surface area contributed by atoms with Crippen molar-refractivity contribution in [3.8, 4) is 0 Å². The van der Waals surface area contributed by atoms with Crippen LogP contribution in [0, 0.1) is 6.92 Å². The molecule has 0 atom stereocenters. The van der Waals surface area contributed by atoms with Gasteiger partial charge in [0.15, 0.2) is 0 Å². The largest absolute Gasteiger partial charge is 0 e. The van der Waals surface area contributed by atoms with Gasteiger partial charge in [0.25, 0.3) is 0 Å². The maximum absolute atomic E-state index is 3.25. The molecule has 0 rings (SSSR count). The zero-order valence-corrected chi connectivity index (χ0v) is 11.6. The first kappa shape index (κ1) is 15.8. The van der Waals surface area contributed by atoms with E-state index in [0.717, 1.165) is 0 Å². The topological polar surface area (TPSA) is 0 Å². The SMILES string of the molecule is [CH2-]C.[Zn+][I].[Zn]. The van der Waals surface area contributed by atoms with Gasteiger partial charge in [0, 0.05) is 19.5 Å². The van der Waals surface area contributed by atoms with Crippen molar-refractivity contribution in [3.63, 3.8) is 0 Å². The number of hydrogen-bond acceptors (Lipinski definition) is 0. The smallest absolute Gasteiger partial charge is 0 e. The molecule has 0 aromatic carbocycles. The molecule has 0 N–H and O–H groups in total. The second kappa shape index (κ2) is 37.9. The van der Waals surface area contributed by atoms with Gasteiger partial charge in [-0.05, 0) is 0 Å². The van der Waals surface area contributed by atoms with Crippen LogP contribution < -0.4 is 0 Å². The van der Waals surface area contributed by atoms with Crippen molar-refractivity contribution < 1.29 is 34.3 Å². The Morgan fingerprint density at radius 2 is 1.40 bits per heavy atom. The van der Waals surface area contributed by atoms with Gasteiger partial charge in [0.2, 0.25) is 0 Å². The van der Waals surface area contributed by atoms with Crippen LogP contribution >= 0.6 is 19.8 Å². The molecule has 0 spiro atoms. The number of hydrogen-bond donors (Lipinski definition) is 0. The van der Waals surface area contributed by atoms with Gasteiger partial charge in [-0.2, -0.15) is 6.92 Å². The van der Waals surface area contributed by atoms with E-state index in [2.05, 4.69) is 26.7 Å². The number of halogens is 1. The van der Waals surface area contributed by atoms with Crippen LogP contribution in [-0.4, -0.2) is 0 Å². The van der Waals surface area contributed by atoms with Crippen LogP contribution in [0.15, 0.2) is 0 Å². The normalized spacial score (nSPS) is 2.60. The average Bonchev–Trinajstić information content (AvgIpc) is 1.50. The van der Waals surface area contributed by atoms with Gasteiger partial charge >= 0.3 is 34.5 Å². The molecule has 0 aromatic heterocycles. The summed E-state index contributed by atoms with van der Waals surface area (Å²) in [5.74, 6) is 0. The van der Waals surface area contributed by atoms with Gasteiger partial charge in [-0.3, -0.25) is 0 Å². The quantitative estimate of drug-likeness (QED) is 0.361. The van der Waals surface area contributed by atoms with Crippen LogP contribution in [0.3, 0.4) is 0 Å². The standard InChI is InChI=1S/C2H5.HI.2Zn/c1-2;;;/h1H2,2H3;1H;;/q-1;;;+2/p-1. The third-order valence-corrected chi connectivity index (χ3v) is 0. The van der Waals surface area contributed by atoms with Crippen LogP contribution in [0.1, 0.15) is 6.92 Å². The fraction of sp³-hybridized carbons (Fsp3) is 0.500. The molecule has 3 heteroatoms. The Morgan fingerprint density at radius 3 is 1.40 bits per heavy atom. The predicted octanol–water partition coefficient (Wildman–Crippen LogP) is 1.72. The summed E-state index contributed by atoms with van der Waals surface area (Å²) in [4.78, 5) is 0. The van der Waals surface area contributed by atoms with Crippen LogP contribution in [0.2, 0.25) is 0 Å². The van der Waals surface area contributed by atoms with Crippen molar-refractivity contribution in [2.75, 3.05) is 0 Å². The summed E-state index contributed by atoms with van der Waals surface area (Å²) < 4.78 is 0. The maximum atomic E-state index is 3.25. The zero-order valence-electron chi connectivity index (χ0n) is 3.50. The van der Waals surface area contributed by atoms with E-state index in [1.807, 2.05) is 0 Å². The van der Waals surface area contributed by atoms with E-state index in [1.165, 1.54) is 14.8 Å². The van der Waals surface area contributed by atoms with Crippen LogP contribution in [0.4, 0.5) is 0 Å². The maximum Gasteiger partial charge on any atom is 0 e. The minimum Gasteiger partial charge on any atom is 0 e. The van der Waals surface area contributed by atoms with E-state index in [-0.39, 0.29) is 19.5 Å². The molecule has 0 nitrogen and oxygen atoms in total. The first-order valence-corrected chi connectivity index (χ1v) is 10.0. The molecule has 0 unspecified atom stereocenters. The summed E-state index contributed by atoms with van der Waals surface area (Å²) in [6.45, 7) is 5.00. The van der Waals surface area contributed by atoms with Gasteiger partial charge in [0.1, 0.15) is 0 Å². The van der Waals surface area contributed by atoms with Crippen LogP contribution in [0.5, 0.6) is 0 Å². The molecule has 0 aliphatic carbocycles. The molecule has 0 saturated heterocycles.